The Morgan fingerprint density at radius 2 is 1.86 bits per heavy atom. The van der Waals surface area contributed by atoms with Gasteiger partial charge in [-0.3, -0.25) is 0 Å². The number of carbonyl (C=O) groups is 2. The number of hydrogen-bond donors (Lipinski definition) is 2. The van der Waals surface area contributed by atoms with Crippen LogP contribution in [0.3, 0.4) is 0 Å². The number of anilines is 2. The number of ether oxygens (including phenoxy) is 3. The van der Waals surface area contributed by atoms with Crippen molar-refractivity contribution < 1.29 is 28.2 Å². The second-order valence-electron chi connectivity index (χ2n) is 5.82. The molecule has 7 nitrogen and oxygen atoms in total. The van der Waals surface area contributed by atoms with E-state index in [2.05, 4.69) is 10.3 Å². The number of H-pyrrole nitrogens is 1. The molecule has 0 spiro atoms. The second-order valence-corrected chi connectivity index (χ2v) is 5.82. The molecule has 0 unspecified atom stereocenters. The van der Waals surface area contributed by atoms with Crippen LogP contribution in [-0.4, -0.2) is 37.7 Å². The number of hydrogen-bond acceptors (Lipinski definition) is 6. The van der Waals surface area contributed by atoms with E-state index in [1.165, 1.54) is 32.4 Å². The highest BCUT2D eigenvalue weighted by Gasteiger charge is 2.18. The summed E-state index contributed by atoms with van der Waals surface area (Å²) in [5.74, 6) is -1.12. The Hall–Kier alpha value is -3.55. The quantitative estimate of drug-likeness (QED) is 0.622. The molecule has 8 heteroatoms. The predicted molar refractivity (Wildman–Crippen MR) is 102 cm³/mol. The minimum Gasteiger partial charge on any atom is -0.497 e. The molecular formula is C20H19FN2O5. The van der Waals surface area contributed by atoms with E-state index in [4.69, 9.17) is 14.2 Å². The summed E-state index contributed by atoms with van der Waals surface area (Å²) in [6.45, 7) is 1.89. The van der Waals surface area contributed by atoms with Gasteiger partial charge in [0, 0.05) is 17.1 Å². The number of methoxy groups -OCH3 is 2. The molecule has 0 bridgehead atoms. The number of fused-ring (bicyclic) bond motifs is 1. The van der Waals surface area contributed by atoms with Crippen molar-refractivity contribution in [1.29, 1.82) is 0 Å². The van der Waals surface area contributed by atoms with E-state index < -0.39 is 17.8 Å². The van der Waals surface area contributed by atoms with E-state index in [1.54, 1.807) is 25.1 Å². The Labute approximate surface area is 160 Å². The highest BCUT2D eigenvalue weighted by molar-refractivity contribution is 6.03. The zero-order chi connectivity index (χ0) is 20.3. The van der Waals surface area contributed by atoms with Gasteiger partial charge in [-0.05, 0) is 37.3 Å². The summed E-state index contributed by atoms with van der Waals surface area (Å²) in [6.07, 6.45) is 0. The van der Waals surface area contributed by atoms with Gasteiger partial charge in [-0.25, -0.2) is 14.0 Å². The summed E-state index contributed by atoms with van der Waals surface area (Å²) >= 11 is 0. The molecule has 2 N–H and O–H groups in total. The zero-order valence-electron chi connectivity index (χ0n) is 15.6. The normalized spacial score (nSPS) is 10.6. The van der Waals surface area contributed by atoms with Crippen molar-refractivity contribution in [1.82, 2.24) is 4.98 Å². The van der Waals surface area contributed by atoms with Gasteiger partial charge in [-0.15, -0.1) is 0 Å². The second kappa shape index (κ2) is 7.99. The highest BCUT2D eigenvalue weighted by atomic mass is 19.1. The van der Waals surface area contributed by atoms with Gasteiger partial charge in [0.15, 0.2) is 0 Å². The first-order chi connectivity index (χ1) is 13.5. The smallest absolute Gasteiger partial charge is 0.354 e. The molecule has 28 heavy (non-hydrogen) atoms. The monoisotopic (exact) mass is 386 g/mol. The van der Waals surface area contributed by atoms with Gasteiger partial charge >= 0.3 is 11.9 Å². The van der Waals surface area contributed by atoms with Crippen molar-refractivity contribution in [2.45, 2.75) is 6.92 Å². The van der Waals surface area contributed by atoms with Gasteiger partial charge in [0.2, 0.25) is 0 Å². The van der Waals surface area contributed by atoms with Crippen LogP contribution in [0.25, 0.3) is 10.9 Å². The number of aromatic amines is 1. The molecular weight excluding hydrogens is 367 g/mol. The van der Waals surface area contributed by atoms with Gasteiger partial charge in [-0.2, -0.15) is 0 Å². The minimum absolute atomic E-state index is 0.129. The topological polar surface area (TPSA) is 89.7 Å². The van der Waals surface area contributed by atoms with Crippen molar-refractivity contribution in [2.75, 3.05) is 26.1 Å². The fourth-order valence-corrected chi connectivity index (χ4v) is 2.80. The molecule has 3 aromatic rings. The molecule has 0 fully saturated rings. The maximum atomic E-state index is 14.2. The lowest BCUT2D eigenvalue weighted by Gasteiger charge is -2.13. The van der Waals surface area contributed by atoms with Crippen LogP contribution in [-0.2, 0) is 9.47 Å². The summed E-state index contributed by atoms with van der Waals surface area (Å²) in [5.41, 5.74) is 1.46. The molecule has 0 saturated heterocycles. The van der Waals surface area contributed by atoms with Gasteiger partial charge < -0.3 is 24.5 Å². The summed E-state index contributed by atoms with van der Waals surface area (Å²) in [6, 6.07) is 9.09. The lowest BCUT2D eigenvalue weighted by molar-refractivity contribution is 0.0519. The standard InChI is InChI=1S/C20H19FN2O5/c1-4-28-20(25)17-10-13-15(8-7-14(21)18(13)23-17)22-16-9-11(26-2)5-6-12(16)19(24)27-3/h5-10,22-23H,4H2,1-3H3. The Kier molecular flexibility index (Phi) is 5.49. The third kappa shape index (κ3) is 3.62. The first-order valence-electron chi connectivity index (χ1n) is 8.50. The number of carbonyl (C=O) groups excluding carboxylic acids is 2. The molecule has 1 aromatic heterocycles. The van der Waals surface area contributed by atoms with Crippen LogP contribution < -0.4 is 10.1 Å². The average Bonchev–Trinajstić information content (AvgIpc) is 3.16. The molecule has 1 heterocycles. The molecule has 0 aliphatic heterocycles. The molecule has 0 saturated carbocycles. The van der Waals surface area contributed by atoms with E-state index in [9.17, 15) is 14.0 Å². The Morgan fingerprint density at radius 3 is 2.54 bits per heavy atom. The Morgan fingerprint density at radius 1 is 1.07 bits per heavy atom. The fraction of sp³-hybridized carbons (Fsp3) is 0.200. The molecule has 2 aromatic carbocycles. The SMILES string of the molecule is CCOC(=O)c1cc2c(Nc3cc(OC)ccc3C(=O)OC)ccc(F)c2[nH]1. The van der Waals surface area contributed by atoms with E-state index >= 15 is 0 Å². The van der Waals surface area contributed by atoms with E-state index in [0.29, 0.717) is 22.5 Å². The van der Waals surface area contributed by atoms with Crippen LogP contribution in [0.5, 0.6) is 5.75 Å². The van der Waals surface area contributed by atoms with Crippen molar-refractivity contribution in [3.05, 3.63) is 53.5 Å². The minimum atomic E-state index is -0.583. The summed E-state index contributed by atoms with van der Waals surface area (Å²) in [4.78, 5) is 26.8. The number of nitrogens with one attached hydrogen (secondary N) is 2. The van der Waals surface area contributed by atoms with Crippen molar-refractivity contribution in [3.8, 4) is 5.75 Å². The average molecular weight is 386 g/mol. The predicted octanol–water partition coefficient (Wildman–Crippen LogP) is 4.02. The number of halogens is 1. The number of esters is 2. The first-order valence-corrected chi connectivity index (χ1v) is 8.50. The Balaban J connectivity index is 2.09. The van der Waals surface area contributed by atoms with Gasteiger partial charge in [-0.1, -0.05) is 0 Å². The fourth-order valence-electron chi connectivity index (χ4n) is 2.80. The zero-order valence-corrected chi connectivity index (χ0v) is 15.6. The van der Waals surface area contributed by atoms with Crippen LogP contribution >= 0.6 is 0 Å². The first kappa shape index (κ1) is 19.2. The summed E-state index contributed by atoms with van der Waals surface area (Å²) in [5, 5.41) is 3.53. The van der Waals surface area contributed by atoms with E-state index in [1.807, 2.05) is 0 Å². The van der Waals surface area contributed by atoms with Crippen molar-refractivity contribution in [3.63, 3.8) is 0 Å². The molecule has 0 aliphatic rings. The van der Waals surface area contributed by atoms with Crippen LogP contribution in [0.1, 0.15) is 27.8 Å². The van der Waals surface area contributed by atoms with E-state index in [0.717, 1.165) is 0 Å². The van der Waals surface area contributed by atoms with Crippen LogP contribution in [0.2, 0.25) is 0 Å². The van der Waals surface area contributed by atoms with Crippen LogP contribution in [0.15, 0.2) is 36.4 Å². The number of benzene rings is 2. The van der Waals surface area contributed by atoms with Gasteiger partial charge in [0.25, 0.3) is 0 Å². The lowest BCUT2D eigenvalue weighted by Crippen LogP contribution is -2.06. The maximum Gasteiger partial charge on any atom is 0.354 e. The van der Waals surface area contributed by atoms with Gasteiger partial charge in [0.05, 0.1) is 37.6 Å². The maximum absolute atomic E-state index is 14.2. The third-order valence-corrected chi connectivity index (χ3v) is 4.14. The third-order valence-electron chi connectivity index (χ3n) is 4.14. The number of rotatable bonds is 6. The molecule has 0 aliphatic carbocycles. The number of aromatic nitrogens is 1. The Bertz CT molecular complexity index is 1040. The molecule has 0 atom stereocenters. The van der Waals surface area contributed by atoms with E-state index in [-0.39, 0.29) is 23.4 Å². The van der Waals surface area contributed by atoms with Crippen molar-refractivity contribution in [2.24, 2.45) is 0 Å². The lowest BCUT2D eigenvalue weighted by atomic mass is 10.1. The molecule has 146 valence electrons. The van der Waals surface area contributed by atoms with Crippen LogP contribution in [0, 0.1) is 5.82 Å². The highest BCUT2D eigenvalue weighted by Crippen LogP contribution is 2.32. The summed E-state index contributed by atoms with van der Waals surface area (Å²) < 4.78 is 29.2. The molecule has 0 radical (unpaired) electrons. The molecule has 3 rings (SSSR count). The van der Waals surface area contributed by atoms with Crippen LogP contribution in [0.4, 0.5) is 15.8 Å². The molecule has 0 amide bonds. The van der Waals surface area contributed by atoms with Gasteiger partial charge in [0.1, 0.15) is 17.3 Å². The summed E-state index contributed by atoms with van der Waals surface area (Å²) in [7, 11) is 2.79. The largest absolute Gasteiger partial charge is 0.497 e. The van der Waals surface area contributed by atoms with Crippen molar-refractivity contribution >= 4 is 34.2 Å².